The van der Waals surface area contributed by atoms with Crippen LogP contribution in [0.5, 0.6) is 0 Å². The summed E-state index contributed by atoms with van der Waals surface area (Å²) < 4.78 is 29.9. The van der Waals surface area contributed by atoms with Crippen LogP contribution in [0.25, 0.3) is 6.08 Å². The van der Waals surface area contributed by atoms with E-state index in [1.165, 1.54) is 0 Å². The summed E-state index contributed by atoms with van der Waals surface area (Å²) in [4.78, 5) is 0. The van der Waals surface area contributed by atoms with Crippen LogP contribution in [-0.4, -0.2) is 36.8 Å². The topological polar surface area (TPSA) is 50.1 Å². The zero-order valence-electron chi connectivity index (χ0n) is 17.3. The summed E-state index contributed by atoms with van der Waals surface area (Å²) in [7, 11) is 0. The first-order valence-corrected chi connectivity index (χ1v) is 10.3. The fraction of sp³-hybridized carbons (Fsp3) is 0.500. The Morgan fingerprint density at radius 1 is 1.14 bits per heavy atom. The van der Waals surface area contributed by atoms with Gasteiger partial charge in [0.25, 0.3) is 0 Å². The minimum absolute atomic E-state index is 0.0119. The first-order chi connectivity index (χ1) is 14.0. The van der Waals surface area contributed by atoms with Crippen molar-refractivity contribution in [3.63, 3.8) is 0 Å². The van der Waals surface area contributed by atoms with Crippen LogP contribution in [0.1, 0.15) is 38.5 Å². The molecule has 4 rings (SSSR count). The Morgan fingerprint density at radius 2 is 1.97 bits per heavy atom. The molecule has 0 aliphatic carbocycles. The van der Waals surface area contributed by atoms with Crippen LogP contribution in [0.3, 0.4) is 0 Å². The van der Waals surface area contributed by atoms with Crippen molar-refractivity contribution >= 4 is 6.08 Å². The lowest BCUT2D eigenvalue weighted by Crippen LogP contribution is -2.33. The van der Waals surface area contributed by atoms with E-state index in [1.807, 2.05) is 50.3 Å². The lowest BCUT2D eigenvalue weighted by molar-refractivity contribution is -0.144. The molecule has 3 heterocycles. The van der Waals surface area contributed by atoms with E-state index in [2.05, 4.69) is 25.1 Å². The second-order valence-electron chi connectivity index (χ2n) is 8.32. The largest absolute Gasteiger partial charge is 0.465 e. The summed E-state index contributed by atoms with van der Waals surface area (Å²) in [5.41, 5.74) is 1.16. The van der Waals surface area contributed by atoms with Crippen LogP contribution < -0.4 is 0 Å². The molecular weight excluding hydrogens is 368 g/mol. The Balaban J connectivity index is 1.44. The molecule has 0 amide bonds. The Kier molecular flexibility index (Phi) is 6.20. The summed E-state index contributed by atoms with van der Waals surface area (Å²) in [6, 6.07) is 14.1. The molecule has 156 valence electrons. The van der Waals surface area contributed by atoms with Gasteiger partial charge in [-0.1, -0.05) is 43.3 Å². The molecule has 5 atom stereocenters. The van der Waals surface area contributed by atoms with Crippen LogP contribution in [0.4, 0.5) is 0 Å². The molecule has 5 heteroatoms. The van der Waals surface area contributed by atoms with Gasteiger partial charge in [0.05, 0.1) is 43.9 Å². The normalized spacial score (nSPS) is 31.6. The summed E-state index contributed by atoms with van der Waals surface area (Å²) in [6.45, 7) is 7.23. The van der Waals surface area contributed by atoms with E-state index < -0.39 is 5.79 Å². The minimum Gasteiger partial charge on any atom is -0.465 e. The average molecular weight is 398 g/mol. The zero-order chi connectivity index (χ0) is 20.3. The number of rotatable bonds is 7. The fourth-order valence-corrected chi connectivity index (χ4v) is 4.08. The molecule has 5 nitrogen and oxygen atoms in total. The predicted molar refractivity (Wildman–Crippen MR) is 110 cm³/mol. The van der Waals surface area contributed by atoms with Crippen LogP contribution in [0.2, 0.25) is 0 Å². The highest BCUT2D eigenvalue weighted by Gasteiger charge is 2.44. The standard InChI is InChI=1S/C24H30O5/c1-17-21(12-11-19-10-7-13-25-19)28-22(14-20-16-27-24(2,3)29-20)23(17)26-15-18-8-5-4-6-9-18/h4-13,17,20-23H,14-16H2,1-3H3/b12-11+/t17-,20?,21-,22+,23+/m0/s1. The maximum absolute atomic E-state index is 6.41. The van der Waals surface area contributed by atoms with Crippen molar-refractivity contribution in [1.82, 2.24) is 0 Å². The van der Waals surface area contributed by atoms with Gasteiger partial charge in [-0.3, -0.25) is 0 Å². The van der Waals surface area contributed by atoms with Gasteiger partial charge in [0.1, 0.15) is 5.76 Å². The molecule has 1 aromatic heterocycles. The second-order valence-corrected chi connectivity index (χ2v) is 8.32. The number of hydrogen-bond acceptors (Lipinski definition) is 5. The molecule has 0 bridgehead atoms. The lowest BCUT2D eigenvalue weighted by atomic mass is 9.95. The third kappa shape index (κ3) is 5.17. The third-order valence-electron chi connectivity index (χ3n) is 5.58. The Bertz CT molecular complexity index is 783. The molecule has 2 fully saturated rings. The molecule has 2 aromatic rings. The lowest BCUT2D eigenvalue weighted by Gasteiger charge is -2.24. The number of ether oxygens (including phenoxy) is 4. The molecule has 0 radical (unpaired) electrons. The van der Waals surface area contributed by atoms with E-state index in [1.54, 1.807) is 6.26 Å². The fourth-order valence-electron chi connectivity index (χ4n) is 4.08. The van der Waals surface area contributed by atoms with E-state index in [-0.39, 0.29) is 30.3 Å². The zero-order valence-corrected chi connectivity index (χ0v) is 17.3. The van der Waals surface area contributed by atoms with Crippen molar-refractivity contribution in [1.29, 1.82) is 0 Å². The Hall–Kier alpha value is -1.92. The molecule has 0 saturated carbocycles. The molecule has 29 heavy (non-hydrogen) atoms. The van der Waals surface area contributed by atoms with Gasteiger partial charge in [-0.25, -0.2) is 0 Å². The third-order valence-corrected chi connectivity index (χ3v) is 5.58. The molecule has 2 aliphatic rings. The molecular formula is C24H30O5. The van der Waals surface area contributed by atoms with Crippen molar-refractivity contribution in [2.24, 2.45) is 5.92 Å². The summed E-state index contributed by atoms with van der Waals surface area (Å²) in [5.74, 6) is 0.499. The highest BCUT2D eigenvalue weighted by Crippen LogP contribution is 2.36. The number of hydrogen-bond donors (Lipinski definition) is 0. The maximum atomic E-state index is 6.41. The molecule has 0 spiro atoms. The average Bonchev–Trinajstić information content (AvgIpc) is 3.40. The van der Waals surface area contributed by atoms with Gasteiger partial charge in [-0.2, -0.15) is 0 Å². The van der Waals surface area contributed by atoms with Crippen LogP contribution >= 0.6 is 0 Å². The van der Waals surface area contributed by atoms with Crippen molar-refractivity contribution < 1.29 is 23.4 Å². The summed E-state index contributed by atoms with van der Waals surface area (Å²) >= 11 is 0. The number of furan rings is 1. The van der Waals surface area contributed by atoms with Gasteiger partial charge in [0.15, 0.2) is 5.79 Å². The monoisotopic (exact) mass is 398 g/mol. The Morgan fingerprint density at radius 3 is 2.66 bits per heavy atom. The van der Waals surface area contributed by atoms with E-state index in [0.717, 1.165) is 17.7 Å². The maximum Gasteiger partial charge on any atom is 0.163 e. The predicted octanol–water partition coefficient (Wildman–Crippen LogP) is 4.82. The van der Waals surface area contributed by atoms with E-state index >= 15 is 0 Å². The Labute approximate surface area is 172 Å². The van der Waals surface area contributed by atoms with Crippen molar-refractivity contribution in [3.8, 4) is 0 Å². The highest BCUT2D eigenvalue weighted by atomic mass is 16.7. The van der Waals surface area contributed by atoms with E-state index in [0.29, 0.717) is 13.2 Å². The molecule has 1 unspecified atom stereocenters. The van der Waals surface area contributed by atoms with Gasteiger partial charge in [0.2, 0.25) is 0 Å². The van der Waals surface area contributed by atoms with Gasteiger partial charge < -0.3 is 23.4 Å². The quantitative estimate of drug-likeness (QED) is 0.669. The van der Waals surface area contributed by atoms with Crippen molar-refractivity contribution in [2.45, 2.75) is 64.0 Å². The SMILES string of the molecule is C[C@@H]1[C@@H](OCc2ccccc2)[C@@H](CC2COC(C)(C)O2)O[C@H]1/C=C/c1ccco1. The van der Waals surface area contributed by atoms with Gasteiger partial charge in [0, 0.05) is 12.3 Å². The highest BCUT2D eigenvalue weighted by molar-refractivity contribution is 5.43. The first kappa shape index (κ1) is 20.4. The summed E-state index contributed by atoms with van der Waals surface area (Å²) in [6.07, 6.45) is 6.36. The number of benzene rings is 1. The smallest absolute Gasteiger partial charge is 0.163 e. The van der Waals surface area contributed by atoms with Crippen LogP contribution in [-0.2, 0) is 25.6 Å². The van der Waals surface area contributed by atoms with Gasteiger partial charge in [-0.05, 0) is 37.6 Å². The molecule has 0 N–H and O–H groups in total. The van der Waals surface area contributed by atoms with E-state index in [4.69, 9.17) is 23.4 Å². The van der Waals surface area contributed by atoms with Gasteiger partial charge in [-0.15, -0.1) is 0 Å². The minimum atomic E-state index is -0.534. The van der Waals surface area contributed by atoms with Crippen LogP contribution in [0.15, 0.2) is 59.2 Å². The van der Waals surface area contributed by atoms with Crippen LogP contribution in [0, 0.1) is 5.92 Å². The molecule has 2 saturated heterocycles. The summed E-state index contributed by atoms with van der Waals surface area (Å²) in [5, 5.41) is 0. The first-order valence-electron chi connectivity index (χ1n) is 10.3. The molecule has 2 aliphatic heterocycles. The second kappa shape index (κ2) is 8.84. The van der Waals surface area contributed by atoms with E-state index in [9.17, 15) is 0 Å². The molecule has 1 aromatic carbocycles. The van der Waals surface area contributed by atoms with Crippen molar-refractivity contribution in [2.75, 3.05) is 6.61 Å². The van der Waals surface area contributed by atoms with Gasteiger partial charge >= 0.3 is 0 Å². The van der Waals surface area contributed by atoms with Crippen molar-refractivity contribution in [3.05, 3.63) is 66.1 Å².